The SMILES string of the molecule is NC(=O)COCCNC(=O)c1ccc(Br)c([N+](=O)[O-])c1. The molecule has 0 saturated heterocycles. The number of benzene rings is 1. The Kier molecular flexibility index (Phi) is 6.07. The molecule has 0 aliphatic heterocycles. The molecule has 3 N–H and O–H groups in total. The van der Waals surface area contributed by atoms with Crippen molar-refractivity contribution in [3.63, 3.8) is 0 Å². The van der Waals surface area contributed by atoms with E-state index >= 15 is 0 Å². The van der Waals surface area contributed by atoms with Gasteiger partial charge in [-0.05, 0) is 28.1 Å². The second-order valence-corrected chi connectivity index (χ2v) is 4.55. The second-order valence-electron chi connectivity index (χ2n) is 3.70. The number of carbonyl (C=O) groups excluding carboxylic acids is 2. The Labute approximate surface area is 122 Å². The van der Waals surface area contributed by atoms with Crippen LogP contribution in [0.15, 0.2) is 22.7 Å². The van der Waals surface area contributed by atoms with Crippen LogP contribution in [0.25, 0.3) is 0 Å². The van der Waals surface area contributed by atoms with Crippen LogP contribution >= 0.6 is 15.9 Å². The lowest BCUT2D eigenvalue weighted by atomic mass is 10.2. The lowest BCUT2D eigenvalue weighted by Gasteiger charge is -2.06. The van der Waals surface area contributed by atoms with Crippen LogP contribution in [-0.2, 0) is 9.53 Å². The summed E-state index contributed by atoms with van der Waals surface area (Å²) in [5.74, 6) is -1.07. The van der Waals surface area contributed by atoms with E-state index in [2.05, 4.69) is 21.2 Å². The molecule has 20 heavy (non-hydrogen) atoms. The molecule has 0 aromatic heterocycles. The van der Waals surface area contributed by atoms with Crippen molar-refractivity contribution in [1.29, 1.82) is 0 Å². The fraction of sp³-hybridized carbons (Fsp3) is 0.273. The Morgan fingerprint density at radius 2 is 2.15 bits per heavy atom. The lowest BCUT2D eigenvalue weighted by molar-refractivity contribution is -0.385. The summed E-state index contributed by atoms with van der Waals surface area (Å²) >= 11 is 3.03. The molecule has 0 atom stereocenters. The summed E-state index contributed by atoms with van der Waals surface area (Å²) in [6.45, 7) is 0.0584. The number of halogens is 1. The number of nitrogens with one attached hydrogen (secondary N) is 1. The molecule has 2 amide bonds. The highest BCUT2D eigenvalue weighted by molar-refractivity contribution is 9.10. The monoisotopic (exact) mass is 345 g/mol. The van der Waals surface area contributed by atoms with Gasteiger partial charge in [0.15, 0.2) is 0 Å². The van der Waals surface area contributed by atoms with E-state index in [1.807, 2.05) is 0 Å². The first-order chi connectivity index (χ1) is 9.41. The van der Waals surface area contributed by atoms with E-state index in [4.69, 9.17) is 10.5 Å². The van der Waals surface area contributed by atoms with Gasteiger partial charge in [0.1, 0.15) is 6.61 Å². The van der Waals surface area contributed by atoms with Crippen LogP contribution in [0.1, 0.15) is 10.4 Å². The first kappa shape index (κ1) is 16.1. The predicted octanol–water partition coefficient (Wildman–Crippen LogP) is 0.589. The number of hydrogen-bond donors (Lipinski definition) is 2. The van der Waals surface area contributed by atoms with Gasteiger partial charge in [0.25, 0.3) is 11.6 Å². The van der Waals surface area contributed by atoms with Crippen molar-refractivity contribution in [3.8, 4) is 0 Å². The fourth-order valence-electron chi connectivity index (χ4n) is 1.31. The van der Waals surface area contributed by atoms with Gasteiger partial charge in [-0.25, -0.2) is 0 Å². The van der Waals surface area contributed by atoms with Gasteiger partial charge in [0.2, 0.25) is 5.91 Å². The molecule has 1 aromatic carbocycles. The van der Waals surface area contributed by atoms with Gasteiger partial charge in [-0.3, -0.25) is 19.7 Å². The summed E-state index contributed by atoms with van der Waals surface area (Å²) in [4.78, 5) is 32.3. The number of carbonyl (C=O) groups is 2. The molecule has 0 aliphatic rings. The molecule has 0 radical (unpaired) electrons. The standard InChI is InChI=1S/C11H12BrN3O5/c12-8-2-1-7(5-9(8)15(18)19)11(17)14-3-4-20-6-10(13)16/h1-2,5H,3-4,6H2,(H2,13,16)(H,14,17). The zero-order valence-corrected chi connectivity index (χ0v) is 11.9. The highest BCUT2D eigenvalue weighted by Gasteiger charge is 2.15. The zero-order chi connectivity index (χ0) is 15.1. The minimum atomic E-state index is -0.597. The number of rotatable bonds is 7. The van der Waals surface area contributed by atoms with E-state index in [-0.39, 0.29) is 31.0 Å². The molecule has 1 rings (SSSR count). The van der Waals surface area contributed by atoms with E-state index in [1.54, 1.807) is 0 Å². The molecular weight excluding hydrogens is 334 g/mol. The van der Waals surface area contributed by atoms with Crippen molar-refractivity contribution in [2.24, 2.45) is 5.73 Å². The van der Waals surface area contributed by atoms with Gasteiger partial charge >= 0.3 is 0 Å². The van der Waals surface area contributed by atoms with Gasteiger partial charge in [0.05, 0.1) is 16.0 Å². The van der Waals surface area contributed by atoms with Crippen molar-refractivity contribution in [1.82, 2.24) is 5.32 Å². The summed E-state index contributed by atoms with van der Waals surface area (Å²) in [6.07, 6.45) is 0. The Balaban J connectivity index is 2.53. The third-order valence-corrected chi connectivity index (χ3v) is 2.85. The average Bonchev–Trinajstić information content (AvgIpc) is 2.37. The molecule has 9 heteroatoms. The van der Waals surface area contributed by atoms with Crippen LogP contribution < -0.4 is 11.1 Å². The lowest BCUT2D eigenvalue weighted by Crippen LogP contribution is -2.28. The second kappa shape index (κ2) is 7.56. The Hall–Kier alpha value is -2.00. The molecule has 0 bridgehead atoms. The van der Waals surface area contributed by atoms with Crippen LogP contribution in [0, 0.1) is 10.1 Å². The van der Waals surface area contributed by atoms with Crippen molar-refractivity contribution < 1.29 is 19.2 Å². The largest absolute Gasteiger partial charge is 0.370 e. The number of nitro benzene ring substituents is 1. The summed E-state index contributed by atoms with van der Waals surface area (Å²) in [6, 6.07) is 4.05. The van der Waals surface area contributed by atoms with Gasteiger partial charge in [-0.2, -0.15) is 0 Å². The number of ether oxygens (including phenoxy) is 1. The third kappa shape index (κ3) is 4.94. The minimum Gasteiger partial charge on any atom is -0.370 e. The highest BCUT2D eigenvalue weighted by Crippen LogP contribution is 2.25. The maximum absolute atomic E-state index is 11.7. The fourth-order valence-corrected chi connectivity index (χ4v) is 1.70. The highest BCUT2D eigenvalue weighted by atomic mass is 79.9. The van der Waals surface area contributed by atoms with Crippen LogP contribution in [0.2, 0.25) is 0 Å². The topological polar surface area (TPSA) is 125 Å². The van der Waals surface area contributed by atoms with Crippen molar-refractivity contribution in [3.05, 3.63) is 38.3 Å². The molecule has 0 spiro atoms. The Morgan fingerprint density at radius 1 is 1.45 bits per heavy atom. The van der Waals surface area contributed by atoms with E-state index in [1.165, 1.54) is 18.2 Å². The Morgan fingerprint density at radius 3 is 2.75 bits per heavy atom. The van der Waals surface area contributed by atoms with Gasteiger partial charge in [-0.15, -0.1) is 0 Å². The molecule has 0 heterocycles. The first-order valence-electron chi connectivity index (χ1n) is 5.50. The molecule has 0 aliphatic carbocycles. The van der Waals surface area contributed by atoms with E-state index in [0.717, 1.165) is 0 Å². The van der Waals surface area contributed by atoms with Gasteiger partial charge in [0, 0.05) is 18.2 Å². The van der Waals surface area contributed by atoms with Crippen molar-refractivity contribution in [2.45, 2.75) is 0 Å². The van der Waals surface area contributed by atoms with Gasteiger partial charge in [-0.1, -0.05) is 0 Å². The minimum absolute atomic E-state index is 0.118. The number of amides is 2. The predicted molar refractivity (Wildman–Crippen MR) is 73.1 cm³/mol. The number of nitro groups is 1. The molecule has 0 saturated carbocycles. The van der Waals surface area contributed by atoms with E-state index < -0.39 is 16.7 Å². The normalized spacial score (nSPS) is 10.1. The van der Waals surface area contributed by atoms with Crippen molar-refractivity contribution >= 4 is 33.4 Å². The molecule has 1 aromatic rings. The molecule has 8 nitrogen and oxygen atoms in total. The number of primary amides is 1. The van der Waals surface area contributed by atoms with E-state index in [0.29, 0.717) is 4.47 Å². The van der Waals surface area contributed by atoms with Crippen LogP contribution in [0.4, 0.5) is 5.69 Å². The molecule has 0 fully saturated rings. The third-order valence-electron chi connectivity index (χ3n) is 2.18. The first-order valence-corrected chi connectivity index (χ1v) is 6.29. The van der Waals surface area contributed by atoms with Crippen LogP contribution in [0.5, 0.6) is 0 Å². The number of nitrogens with two attached hydrogens (primary N) is 1. The maximum Gasteiger partial charge on any atom is 0.284 e. The number of hydrogen-bond acceptors (Lipinski definition) is 5. The Bertz CT molecular complexity index is 535. The van der Waals surface area contributed by atoms with E-state index in [9.17, 15) is 19.7 Å². The van der Waals surface area contributed by atoms with Crippen LogP contribution in [0.3, 0.4) is 0 Å². The quantitative estimate of drug-likeness (QED) is 0.425. The van der Waals surface area contributed by atoms with Crippen molar-refractivity contribution in [2.75, 3.05) is 19.8 Å². The van der Waals surface area contributed by atoms with Gasteiger partial charge < -0.3 is 15.8 Å². The molecule has 108 valence electrons. The molecular formula is C11H12BrN3O5. The number of nitrogens with zero attached hydrogens (tertiary/aromatic N) is 1. The zero-order valence-electron chi connectivity index (χ0n) is 10.3. The van der Waals surface area contributed by atoms with Crippen LogP contribution in [-0.4, -0.2) is 36.5 Å². The average molecular weight is 346 g/mol. The maximum atomic E-state index is 11.7. The summed E-state index contributed by atoms with van der Waals surface area (Å²) in [5, 5.41) is 13.2. The summed E-state index contributed by atoms with van der Waals surface area (Å²) in [5.41, 5.74) is 4.83. The smallest absolute Gasteiger partial charge is 0.284 e. The summed E-state index contributed by atoms with van der Waals surface area (Å²) in [7, 11) is 0. The summed E-state index contributed by atoms with van der Waals surface area (Å²) < 4.78 is 5.15. The molecule has 0 unspecified atom stereocenters.